The first-order chi connectivity index (χ1) is 17.7. The molecule has 0 spiro atoms. The lowest BCUT2D eigenvalue weighted by Crippen LogP contribution is -2.43. The van der Waals surface area contributed by atoms with Gasteiger partial charge in [0.15, 0.2) is 0 Å². The van der Waals surface area contributed by atoms with Crippen molar-refractivity contribution in [2.75, 3.05) is 24.6 Å². The van der Waals surface area contributed by atoms with E-state index in [1.165, 1.54) is 0 Å². The molecule has 6 nitrogen and oxygen atoms in total. The Balaban J connectivity index is 1.39. The monoisotopic (exact) mass is 526 g/mol. The Labute approximate surface area is 220 Å². The zero-order valence-electron chi connectivity index (χ0n) is 22.1. The summed E-state index contributed by atoms with van der Waals surface area (Å²) >= 11 is 0. The first kappa shape index (κ1) is 27.5. The number of amides is 2. The van der Waals surface area contributed by atoms with Gasteiger partial charge in [-0.2, -0.15) is 0 Å². The van der Waals surface area contributed by atoms with Gasteiger partial charge in [0.05, 0.1) is 25.2 Å². The smallest absolute Gasteiger partial charge is 0.246 e. The number of nitrogens with zero attached hydrogens (tertiary/aromatic N) is 2. The number of β-lactam (4-membered cyclic amide) rings is 1. The summed E-state index contributed by atoms with van der Waals surface area (Å²) in [6.07, 6.45) is 1.69. The molecule has 0 bridgehead atoms. The van der Waals surface area contributed by atoms with Crippen molar-refractivity contribution < 1.29 is 23.5 Å². The van der Waals surface area contributed by atoms with E-state index in [0.29, 0.717) is 13.0 Å². The Morgan fingerprint density at radius 2 is 1.81 bits per heavy atom. The second-order valence-corrected chi connectivity index (χ2v) is 14.7. The molecule has 2 fully saturated rings. The highest BCUT2D eigenvalue weighted by Crippen LogP contribution is 2.47. The molecule has 37 heavy (non-hydrogen) atoms. The molecule has 8 heteroatoms. The average Bonchev–Trinajstić information content (AvgIpc) is 3.17. The quantitative estimate of drug-likeness (QED) is 0.261. The maximum absolute atomic E-state index is 15.5. The number of aliphatic hydroxyl groups is 1. The maximum atomic E-state index is 15.5. The third kappa shape index (κ3) is 6.66. The second-order valence-electron chi connectivity index (χ2n) is 10.9. The Kier molecular flexibility index (Phi) is 8.82. The molecular weight excluding hydrogens is 487 g/mol. The van der Waals surface area contributed by atoms with E-state index in [1.54, 1.807) is 22.9 Å². The zero-order chi connectivity index (χ0) is 26.6. The van der Waals surface area contributed by atoms with Gasteiger partial charge in [-0.15, -0.1) is 0 Å². The highest BCUT2D eigenvalue weighted by Gasteiger charge is 2.51. The van der Waals surface area contributed by atoms with Gasteiger partial charge in [0, 0.05) is 37.3 Å². The van der Waals surface area contributed by atoms with Gasteiger partial charge in [-0.3, -0.25) is 9.59 Å². The van der Waals surface area contributed by atoms with Crippen LogP contribution in [0.2, 0.25) is 18.6 Å². The van der Waals surface area contributed by atoms with Crippen LogP contribution in [0.15, 0.2) is 54.6 Å². The molecular formula is C29H39FN2O4Si. The molecule has 2 heterocycles. The number of hydrogen-bond acceptors (Lipinski definition) is 4. The summed E-state index contributed by atoms with van der Waals surface area (Å²) in [5.41, 5.74) is 2.80. The standard InChI is InChI=1S/C29H39FN2O4Si/c1-21-25(14-11-22-9-12-24(13-10-22)32-16-15-27(32)34)36-26(29(21)37(2,3)30)19-28(35)31(17-18-33)20-23-7-5-4-6-8-23/h4-10,12-13,21,25-26,29,33H,11,14-20H2,1-3H3/t21-,25+,26-,29+/m0/s1. The summed E-state index contributed by atoms with van der Waals surface area (Å²) in [4.78, 5) is 28.4. The molecule has 2 aliphatic rings. The number of carbonyl (C=O) groups excluding carboxylic acids is 2. The minimum Gasteiger partial charge on any atom is -0.395 e. The van der Waals surface area contributed by atoms with E-state index in [9.17, 15) is 14.7 Å². The summed E-state index contributed by atoms with van der Waals surface area (Å²) in [5.74, 6) is 0.0601. The SMILES string of the molecule is C[C@@H]1[C@@H]([Si](C)(C)F)[C@H](CC(=O)N(CCO)Cc2ccccc2)O[C@@H]1CCc1ccc(N2CCC2=O)cc1. The molecule has 200 valence electrons. The van der Waals surface area contributed by atoms with E-state index in [-0.39, 0.29) is 48.9 Å². The molecule has 2 aliphatic heterocycles. The van der Waals surface area contributed by atoms with Gasteiger partial charge in [-0.25, -0.2) is 0 Å². The van der Waals surface area contributed by atoms with Gasteiger partial charge in [0.1, 0.15) is 0 Å². The van der Waals surface area contributed by atoms with Crippen LogP contribution >= 0.6 is 0 Å². The molecule has 0 aliphatic carbocycles. The predicted molar refractivity (Wildman–Crippen MR) is 145 cm³/mol. The topological polar surface area (TPSA) is 70.1 Å². The second kappa shape index (κ2) is 11.9. The molecule has 4 atom stereocenters. The van der Waals surface area contributed by atoms with Gasteiger partial charge in [0.25, 0.3) is 0 Å². The largest absolute Gasteiger partial charge is 0.395 e. The molecule has 1 N–H and O–H groups in total. The van der Waals surface area contributed by atoms with Gasteiger partial charge in [-0.05, 0) is 55.1 Å². The van der Waals surface area contributed by atoms with Crippen molar-refractivity contribution in [3.8, 4) is 0 Å². The number of hydrogen-bond donors (Lipinski definition) is 1. The van der Waals surface area contributed by atoms with Gasteiger partial charge in [0.2, 0.25) is 20.2 Å². The summed E-state index contributed by atoms with van der Waals surface area (Å²) in [6, 6.07) is 17.7. The molecule has 0 radical (unpaired) electrons. The van der Waals surface area contributed by atoms with Crippen molar-refractivity contribution in [2.24, 2.45) is 5.92 Å². The minimum absolute atomic E-state index is 0.0165. The number of anilines is 1. The molecule has 2 saturated heterocycles. The lowest BCUT2D eigenvalue weighted by atomic mass is 9.95. The Morgan fingerprint density at radius 3 is 2.38 bits per heavy atom. The molecule has 2 aromatic carbocycles. The van der Waals surface area contributed by atoms with Crippen LogP contribution < -0.4 is 4.90 Å². The molecule has 0 unspecified atom stereocenters. The summed E-state index contributed by atoms with van der Waals surface area (Å²) in [5, 5.41) is 9.55. The van der Waals surface area contributed by atoms with Crippen LogP contribution in [-0.2, 0) is 27.3 Å². The van der Waals surface area contributed by atoms with E-state index < -0.39 is 14.5 Å². The van der Waals surface area contributed by atoms with Crippen LogP contribution in [0.5, 0.6) is 0 Å². The zero-order valence-corrected chi connectivity index (χ0v) is 23.1. The first-order valence-electron chi connectivity index (χ1n) is 13.3. The molecule has 4 rings (SSSR count). The van der Waals surface area contributed by atoms with Crippen LogP contribution in [0.1, 0.15) is 37.3 Å². The summed E-state index contributed by atoms with van der Waals surface area (Å²) < 4.78 is 21.9. The van der Waals surface area contributed by atoms with Crippen LogP contribution in [-0.4, -0.2) is 62.1 Å². The van der Waals surface area contributed by atoms with Crippen molar-refractivity contribution in [3.05, 3.63) is 65.7 Å². The minimum atomic E-state index is -3.10. The third-order valence-electron chi connectivity index (χ3n) is 7.83. The fourth-order valence-corrected chi connectivity index (χ4v) is 8.38. The highest BCUT2D eigenvalue weighted by molar-refractivity contribution is 6.72. The Morgan fingerprint density at radius 1 is 1.11 bits per heavy atom. The van der Waals surface area contributed by atoms with E-state index in [0.717, 1.165) is 36.2 Å². The van der Waals surface area contributed by atoms with E-state index in [2.05, 4.69) is 6.92 Å². The molecule has 2 aromatic rings. The van der Waals surface area contributed by atoms with Crippen molar-refractivity contribution in [3.63, 3.8) is 0 Å². The Hall–Kier alpha value is -2.55. The predicted octanol–water partition coefficient (Wildman–Crippen LogP) is 4.72. The number of ether oxygens (including phenoxy) is 1. The first-order valence-corrected chi connectivity index (χ1v) is 16.3. The number of halogens is 1. The number of aryl methyl sites for hydroxylation is 1. The number of rotatable bonds is 11. The molecule has 2 amide bonds. The lowest BCUT2D eigenvalue weighted by Gasteiger charge is -2.30. The normalized spacial score (nSPS) is 23.7. The van der Waals surface area contributed by atoms with Crippen molar-refractivity contribution in [1.29, 1.82) is 0 Å². The van der Waals surface area contributed by atoms with Crippen LogP contribution in [0, 0.1) is 5.92 Å². The highest BCUT2D eigenvalue weighted by atomic mass is 28.4. The summed E-state index contributed by atoms with van der Waals surface area (Å²) in [7, 11) is -3.10. The van der Waals surface area contributed by atoms with Crippen LogP contribution in [0.3, 0.4) is 0 Å². The number of aliphatic hydroxyl groups excluding tert-OH is 1. The fourth-order valence-electron chi connectivity index (χ4n) is 5.83. The lowest BCUT2D eigenvalue weighted by molar-refractivity contribution is -0.135. The number of benzene rings is 2. The van der Waals surface area contributed by atoms with Gasteiger partial charge >= 0.3 is 0 Å². The fraction of sp³-hybridized carbons (Fsp3) is 0.517. The van der Waals surface area contributed by atoms with Gasteiger partial charge in [-0.1, -0.05) is 49.4 Å². The maximum Gasteiger partial charge on any atom is 0.246 e. The van der Waals surface area contributed by atoms with E-state index in [1.807, 2.05) is 54.6 Å². The van der Waals surface area contributed by atoms with Crippen molar-refractivity contribution in [2.45, 2.75) is 70.0 Å². The number of carbonyl (C=O) groups is 2. The van der Waals surface area contributed by atoms with Crippen LogP contribution in [0.4, 0.5) is 9.80 Å². The van der Waals surface area contributed by atoms with Gasteiger partial charge < -0.3 is 23.8 Å². The molecule has 0 saturated carbocycles. The van der Waals surface area contributed by atoms with Crippen molar-refractivity contribution >= 4 is 25.9 Å². The summed E-state index contributed by atoms with van der Waals surface area (Å²) in [6.45, 7) is 6.77. The van der Waals surface area contributed by atoms with Crippen LogP contribution in [0.25, 0.3) is 0 Å². The molecule has 0 aromatic heterocycles. The van der Waals surface area contributed by atoms with Crippen molar-refractivity contribution in [1.82, 2.24) is 4.90 Å². The Bertz CT molecular complexity index is 1060. The van der Waals surface area contributed by atoms with E-state index in [4.69, 9.17) is 4.74 Å². The average molecular weight is 527 g/mol. The third-order valence-corrected chi connectivity index (χ3v) is 10.3. The van der Waals surface area contributed by atoms with E-state index >= 15 is 4.11 Å².